The van der Waals surface area contributed by atoms with Gasteiger partial charge in [0.15, 0.2) is 11.6 Å². The molecular formula is C24H16F2N4O2. The number of aromatic amines is 1. The van der Waals surface area contributed by atoms with E-state index in [-0.39, 0.29) is 28.4 Å². The normalized spacial score (nSPS) is 12.9. The molecule has 0 atom stereocenters. The third-order valence-electron chi connectivity index (χ3n) is 5.34. The summed E-state index contributed by atoms with van der Waals surface area (Å²) >= 11 is 0. The van der Waals surface area contributed by atoms with E-state index in [9.17, 15) is 18.4 Å². The van der Waals surface area contributed by atoms with Crippen molar-refractivity contribution in [2.24, 2.45) is 0 Å². The minimum absolute atomic E-state index is 0.0164. The smallest absolute Gasteiger partial charge is 0.253 e. The molecule has 3 heterocycles. The molecule has 8 heteroatoms. The number of H-pyrrole nitrogens is 1. The second-order valence-electron chi connectivity index (χ2n) is 7.32. The Bertz CT molecular complexity index is 1380. The largest absolute Gasteiger partial charge is 0.356 e. The second kappa shape index (κ2) is 7.81. The van der Waals surface area contributed by atoms with E-state index in [0.717, 1.165) is 5.69 Å². The highest BCUT2D eigenvalue weighted by molar-refractivity contribution is 6.12. The Morgan fingerprint density at radius 1 is 0.969 bits per heavy atom. The standard InChI is InChI=1S/C24H16F2N4O2/c25-16-6-2-1-4-13(16)22(31)14-5-3-7-17(26)21(14)23-27-10-9-19(30-23)20-12-15-18(29-20)8-11-28-24(15)32/h1-7,9-10,12,29H,8,11H2,(H,28,32). The number of halogens is 2. The number of benzene rings is 2. The van der Waals surface area contributed by atoms with E-state index >= 15 is 0 Å². The van der Waals surface area contributed by atoms with Crippen molar-refractivity contribution in [3.8, 4) is 22.8 Å². The molecule has 1 aliphatic heterocycles. The Morgan fingerprint density at radius 3 is 2.56 bits per heavy atom. The van der Waals surface area contributed by atoms with Crippen LogP contribution in [-0.2, 0) is 6.42 Å². The number of hydrogen-bond donors (Lipinski definition) is 2. The summed E-state index contributed by atoms with van der Waals surface area (Å²) in [6, 6.07) is 12.8. The molecular weight excluding hydrogens is 414 g/mol. The molecule has 2 aromatic carbocycles. The number of aromatic nitrogens is 3. The summed E-state index contributed by atoms with van der Waals surface area (Å²) in [6.07, 6.45) is 2.11. The number of carbonyl (C=O) groups is 2. The van der Waals surface area contributed by atoms with Crippen molar-refractivity contribution in [1.29, 1.82) is 0 Å². The number of rotatable bonds is 4. The topological polar surface area (TPSA) is 87.7 Å². The molecule has 32 heavy (non-hydrogen) atoms. The van der Waals surface area contributed by atoms with Crippen LogP contribution in [0.15, 0.2) is 60.8 Å². The van der Waals surface area contributed by atoms with Crippen LogP contribution in [0.2, 0.25) is 0 Å². The highest BCUT2D eigenvalue weighted by Crippen LogP contribution is 2.29. The van der Waals surface area contributed by atoms with E-state index in [1.165, 1.54) is 48.7 Å². The second-order valence-corrected chi connectivity index (χ2v) is 7.32. The lowest BCUT2D eigenvalue weighted by atomic mass is 9.97. The number of carbonyl (C=O) groups excluding carboxylic acids is 2. The van der Waals surface area contributed by atoms with Crippen LogP contribution in [0.4, 0.5) is 8.78 Å². The number of hydrogen-bond acceptors (Lipinski definition) is 4. The van der Waals surface area contributed by atoms with E-state index in [1.807, 2.05) is 0 Å². The minimum atomic E-state index is -0.700. The third-order valence-corrected chi connectivity index (χ3v) is 5.34. The maximum atomic E-state index is 14.9. The molecule has 0 saturated carbocycles. The highest BCUT2D eigenvalue weighted by atomic mass is 19.1. The summed E-state index contributed by atoms with van der Waals surface area (Å²) in [4.78, 5) is 36.9. The van der Waals surface area contributed by atoms with E-state index < -0.39 is 17.4 Å². The lowest BCUT2D eigenvalue weighted by Gasteiger charge is -2.11. The zero-order valence-electron chi connectivity index (χ0n) is 16.7. The van der Waals surface area contributed by atoms with Gasteiger partial charge in [0.2, 0.25) is 0 Å². The predicted molar refractivity (Wildman–Crippen MR) is 113 cm³/mol. The minimum Gasteiger partial charge on any atom is -0.356 e. The van der Waals surface area contributed by atoms with Gasteiger partial charge >= 0.3 is 0 Å². The Morgan fingerprint density at radius 2 is 1.75 bits per heavy atom. The van der Waals surface area contributed by atoms with Gasteiger partial charge in [0.05, 0.1) is 28.1 Å². The van der Waals surface area contributed by atoms with E-state index in [2.05, 4.69) is 20.3 Å². The molecule has 2 aromatic heterocycles. The Kier molecular flexibility index (Phi) is 4.82. The summed E-state index contributed by atoms with van der Waals surface area (Å²) in [5.74, 6) is -2.25. The molecule has 1 aliphatic rings. The van der Waals surface area contributed by atoms with Crippen LogP contribution in [-0.4, -0.2) is 33.2 Å². The van der Waals surface area contributed by atoms with Crippen LogP contribution in [0.1, 0.15) is 32.0 Å². The molecule has 0 fully saturated rings. The van der Waals surface area contributed by atoms with Crippen molar-refractivity contribution in [2.45, 2.75) is 6.42 Å². The number of fused-ring (bicyclic) bond motifs is 1. The number of nitrogens with one attached hydrogen (secondary N) is 2. The molecule has 6 nitrogen and oxygen atoms in total. The Balaban J connectivity index is 1.61. The molecule has 1 amide bonds. The van der Waals surface area contributed by atoms with Crippen molar-refractivity contribution in [3.05, 3.63) is 94.8 Å². The van der Waals surface area contributed by atoms with E-state index in [1.54, 1.807) is 12.1 Å². The van der Waals surface area contributed by atoms with Gasteiger partial charge in [-0.3, -0.25) is 9.59 Å². The van der Waals surface area contributed by atoms with Crippen LogP contribution in [0.3, 0.4) is 0 Å². The highest BCUT2D eigenvalue weighted by Gasteiger charge is 2.24. The molecule has 5 rings (SSSR count). The molecule has 0 unspecified atom stereocenters. The van der Waals surface area contributed by atoms with Crippen LogP contribution in [0.5, 0.6) is 0 Å². The number of nitrogens with zero attached hydrogens (tertiary/aromatic N) is 2. The summed E-state index contributed by atoms with van der Waals surface area (Å²) in [6.45, 7) is 0.539. The Hall–Kier alpha value is -4.20. The van der Waals surface area contributed by atoms with Gasteiger partial charge in [0.25, 0.3) is 5.91 Å². The fourth-order valence-electron chi connectivity index (χ4n) is 3.79. The van der Waals surface area contributed by atoms with Crippen LogP contribution in [0.25, 0.3) is 22.8 Å². The van der Waals surface area contributed by atoms with Gasteiger partial charge in [-0.2, -0.15) is 0 Å². The summed E-state index contributed by atoms with van der Waals surface area (Å²) in [5.41, 5.74) is 2.02. The van der Waals surface area contributed by atoms with E-state index in [4.69, 9.17) is 0 Å². The lowest BCUT2D eigenvalue weighted by molar-refractivity contribution is 0.0945. The SMILES string of the molecule is O=C1NCCc2[nH]c(-c3ccnc(-c4c(F)cccc4C(=O)c4ccccc4F)n3)cc21. The molecule has 2 N–H and O–H groups in total. The quantitative estimate of drug-likeness (QED) is 0.480. The first kappa shape index (κ1) is 19.7. The fraction of sp³-hybridized carbons (Fsp3) is 0.0833. The zero-order chi connectivity index (χ0) is 22.2. The van der Waals surface area contributed by atoms with Gasteiger partial charge in [-0.25, -0.2) is 18.7 Å². The van der Waals surface area contributed by atoms with E-state index in [0.29, 0.717) is 29.9 Å². The molecule has 0 bridgehead atoms. The number of ketones is 1. The van der Waals surface area contributed by atoms with Crippen LogP contribution < -0.4 is 5.32 Å². The van der Waals surface area contributed by atoms with Gasteiger partial charge in [-0.15, -0.1) is 0 Å². The predicted octanol–water partition coefficient (Wildman–Crippen LogP) is 3.93. The first-order valence-corrected chi connectivity index (χ1v) is 9.94. The monoisotopic (exact) mass is 430 g/mol. The first-order valence-electron chi connectivity index (χ1n) is 9.94. The molecule has 0 aliphatic carbocycles. The van der Waals surface area contributed by atoms with Crippen molar-refractivity contribution in [2.75, 3.05) is 6.54 Å². The molecule has 0 spiro atoms. The summed E-state index contributed by atoms with van der Waals surface area (Å²) in [5, 5.41) is 2.78. The van der Waals surface area contributed by atoms with Gasteiger partial charge < -0.3 is 10.3 Å². The Labute approximate surface area is 181 Å². The summed E-state index contributed by atoms with van der Waals surface area (Å²) < 4.78 is 29.1. The van der Waals surface area contributed by atoms with Gasteiger partial charge in [-0.1, -0.05) is 24.3 Å². The molecule has 0 saturated heterocycles. The fourth-order valence-corrected chi connectivity index (χ4v) is 3.79. The van der Waals surface area contributed by atoms with Gasteiger partial charge in [0.1, 0.15) is 11.6 Å². The lowest BCUT2D eigenvalue weighted by Crippen LogP contribution is -2.31. The molecule has 4 aromatic rings. The maximum Gasteiger partial charge on any atom is 0.253 e. The average Bonchev–Trinajstić information content (AvgIpc) is 3.25. The summed E-state index contributed by atoms with van der Waals surface area (Å²) in [7, 11) is 0. The maximum absolute atomic E-state index is 14.9. The van der Waals surface area contributed by atoms with Gasteiger partial charge in [0, 0.05) is 30.4 Å². The zero-order valence-corrected chi connectivity index (χ0v) is 16.7. The van der Waals surface area contributed by atoms with Crippen molar-refractivity contribution in [1.82, 2.24) is 20.3 Å². The third kappa shape index (κ3) is 3.35. The first-order chi connectivity index (χ1) is 15.5. The van der Waals surface area contributed by atoms with Crippen molar-refractivity contribution < 1.29 is 18.4 Å². The number of amides is 1. The van der Waals surface area contributed by atoms with Crippen LogP contribution >= 0.6 is 0 Å². The van der Waals surface area contributed by atoms with Crippen LogP contribution in [0, 0.1) is 11.6 Å². The average molecular weight is 430 g/mol. The van der Waals surface area contributed by atoms with Crippen molar-refractivity contribution >= 4 is 11.7 Å². The molecule has 0 radical (unpaired) electrons. The van der Waals surface area contributed by atoms with Crippen molar-refractivity contribution in [3.63, 3.8) is 0 Å². The molecule has 158 valence electrons. The van der Waals surface area contributed by atoms with Gasteiger partial charge in [-0.05, 0) is 30.3 Å².